The molecule has 2 aliphatic rings. The molecule has 2 aromatic carbocycles. The van der Waals surface area contributed by atoms with Gasteiger partial charge in [0.1, 0.15) is 25.6 Å². The van der Waals surface area contributed by atoms with Crippen LogP contribution >= 0.6 is 0 Å². The summed E-state index contributed by atoms with van der Waals surface area (Å²) < 4.78 is 8.42. The van der Waals surface area contributed by atoms with Crippen LogP contribution in [0.5, 0.6) is 0 Å². The van der Waals surface area contributed by atoms with Gasteiger partial charge < -0.3 is 4.74 Å². The van der Waals surface area contributed by atoms with E-state index in [0.717, 1.165) is 28.2 Å². The largest absolute Gasteiger partial charge is 0.456 e. The fraction of sp³-hybridized carbons (Fsp3) is 0.100. The Morgan fingerprint density at radius 2 is 1.41 bits per heavy atom. The number of rotatable bonds is 4. The van der Waals surface area contributed by atoms with Gasteiger partial charge in [0.15, 0.2) is 5.71 Å². The molecule has 0 saturated carbocycles. The molecule has 0 aromatic heterocycles. The van der Waals surface area contributed by atoms with E-state index in [-0.39, 0.29) is 0 Å². The van der Waals surface area contributed by atoms with Gasteiger partial charge in [0.2, 0.25) is 0 Å². The zero-order valence-corrected chi connectivity index (χ0v) is 18.8. The molecule has 2 heteroatoms. The van der Waals surface area contributed by atoms with Crippen LogP contribution in [-0.2, 0) is 4.74 Å². The number of nitrogens with zero attached hydrogens (tertiary/aromatic N) is 1. The van der Waals surface area contributed by atoms with Gasteiger partial charge >= 0.3 is 0 Å². The van der Waals surface area contributed by atoms with Crippen LogP contribution in [0.1, 0.15) is 18.1 Å². The molecule has 4 rings (SSSR count). The Morgan fingerprint density at radius 1 is 0.781 bits per heavy atom. The number of benzene rings is 2. The number of hydrogen-bond donors (Lipinski definition) is 0. The Bertz CT molecular complexity index is 1210. The Balaban J connectivity index is 1.63. The van der Waals surface area contributed by atoms with Crippen LogP contribution in [0.3, 0.4) is 0 Å². The van der Waals surface area contributed by atoms with E-state index >= 15 is 0 Å². The van der Waals surface area contributed by atoms with Gasteiger partial charge in [-0.25, -0.2) is 4.58 Å². The minimum absolute atomic E-state index is 0.859. The third-order valence-electron chi connectivity index (χ3n) is 5.39. The molecule has 0 bridgehead atoms. The van der Waals surface area contributed by atoms with Crippen molar-refractivity contribution in [2.75, 3.05) is 14.1 Å². The van der Waals surface area contributed by atoms with Crippen LogP contribution in [0, 0.1) is 0 Å². The first-order valence-electron chi connectivity index (χ1n) is 10.8. The summed E-state index contributed by atoms with van der Waals surface area (Å²) >= 11 is 0. The maximum Gasteiger partial charge on any atom is 0.199 e. The van der Waals surface area contributed by atoms with Crippen LogP contribution < -0.4 is 0 Å². The summed E-state index contributed by atoms with van der Waals surface area (Å²) in [6.07, 6.45) is 19.0. The molecule has 1 heterocycles. The molecular formula is C30H28NO+. The minimum atomic E-state index is 0.859. The lowest BCUT2D eigenvalue weighted by atomic mass is 9.99. The second kappa shape index (κ2) is 9.93. The average Bonchev–Trinajstić information content (AvgIpc) is 2.85. The molecule has 32 heavy (non-hydrogen) atoms. The summed E-state index contributed by atoms with van der Waals surface area (Å²) in [5, 5.41) is 0. The molecule has 0 radical (unpaired) electrons. The highest BCUT2D eigenvalue weighted by atomic mass is 16.5. The lowest BCUT2D eigenvalue weighted by Gasteiger charge is -2.19. The predicted octanol–water partition coefficient (Wildman–Crippen LogP) is 6.74. The van der Waals surface area contributed by atoms with Gasteiger partial charge in [-0.3, -0.25) is 0 Å². The van der Waals surface area contributed by atoms with Crippen molar-refractivity contribution in [1.82, 2.24) is 0 Å². The molecule has 0 spiro atoms. The molecule has 158 valence electrons. The Morgan fingerprint density at radius 3 is 2.03 bits per heavy atom. The molecule has 0 unspecified atom stereocenters. The highest BCUT2D eigenvalue weighted by Gasteiger charge is 2.15. The topological polar surface area (TPSA) is 12.2 Å². The summed E-state index contributed by atoms with van der Waals surface area (Å²) in [5.74, 6) is 1.72. The summed E-state index contributed by atoms with van der Waals surface area (Å²) in [6.45, 7) is 2.09. The van der Waals surface area contributed by atoms with Gasteiger partial charge in [0, 0.05) is 17.7 Å². The van der Waals surface area contributed by atoms with E-state index in [9.17, 15) is 0 Å². The van der Waals surface area contributed by atoms with Gasteiger partial charge in [0.25, 0.3) is 0 Å². The zero-order chi connectivity index (χ0) is 22.3. The highest BCUT2D eigenvalue weighted by Crippen LogP contribution is 2.33. The molecule has 1 aliphatic heterocycles. The first-order chi connectivity index (χ1) is 15.6. The average molecular weight is 419 g/mol. The Labute approximate surface area is 190 Å². The van der Waals surface area contributed by atoms with Crippen LogP contribution in [-0.4, -0.2) is 24.4 Å². The normalized spacial score (nSPS) is 17.1. The first kappa shape index (κ1) is 21.3. The van der Waals surface area contributed by atoms with Crippen molar-refractivity contribution in [3.05, 3.63) is 143 Å². The third kappa shape index (κ3) is 5.22. The van der Waals surface area contributed by atoms with Crippen molar-refractivity contribution in [2.24, 2.45) is 0 Å². The fourth-order valence-corrected chi connectivity index (χ4v) is 3.51. The summed E-state index contributed by atoms with van der Waals surface area (Å²) in [6, 6.07) is 20.7. The van der Waals surface area contributed by atoms with E-state index in [1.54, 1.807) is 0 Å². The highest BCUT2D eigenvalue weighted by molar-refractivity contribution is 6.02. The van der Waals surface area contributed by atoms with E-state index < -0.39 is 0 Å². The van der Waals surface area contributed by atoms with E-state index in [4.69, 9.17) is 4.74 Å². The molecule has 0 amide bonds. The molecule has 0 atom stereocenters. The third-order valence-corrected chi connectivity index (χ3v) is 5.39. The molecule has 2 nitrogen and oxygen atoms in total. The Kier molecular flexibility index (Phi) is 6.62. The lowest BCUT2D eigenvalue weighted by Crippen LogP contribution is -2.09. The molecular weight excluding hydrogens is 390 g/mol. The SMILES string of the molecule is CC(C=CC=C1C=CC(=[N+](C)C)C=C1)=C1C=C(c2ccccc2)C=C(c2ccccc2)O1. The lowest BCUT2D eigenvalue weighted by molar-refractivity contribution is -0.462. The van der Waals surface area contributed by atoms with Crippen LogP contribution in [0.2, 0.25) is 0 Å². The predicted molar refractivity (Wildman–Crippen MR) is 135 cm³/mol. The van der Waals surface area contributed by atoms with Crippen molar-refractivity contribution < 1.29 is 9.31 Å². The molecule has 0 saturated heterocycles. The Hall–Kier alpha value is -3.91. The summed E-state index contributed by atoms with van der Waals surface area (Å²) in [5.41, 5.74) is 6.81. The van der Waals surface area contributed by atoms with Gasteiger partial charge in [0.05, 0.1) is 0 Å². The summed E-state index contributed by atoms with van der Waals surface area (Å²) in [4.78, 5) is 0. The van der Waals surface area contributed by atoms with E-state index in [2.05, 4.69) is 103 Å². The maximum atomic E-state index is 6.32. The minimum Gasteiger partial charge on any atom is -0.456 e. The number of allylic oxidation sites excluding steroid dienone is 12. The van der Waals surface area contributed by atoms with Crippen LogP contribution in [0.15, 0.2) is 132 Å². The van der Waals surface area contributed by atoms with Crippen LogP contribution in [0.4, 0.5) is 0 Å². The fourth-order valence-electron chi connectivity index (χ4n) is 3.51. The van der Waals surface area contributed by atoms with Crippen molar-refractivity contribution in [1.29, 1.82) is 0 Å². The van der Waals surface area contributed by atoms with E-state index in [1.807, 2.05) is 38.4 Å². The number of hydrogen-bond acceptors (Lipinski definition) is 1. The van der Waals surface area contributed by atoms with Gasteiger partial charge in [-0.15, -0.1) is 0 Å². The first-order valence-corrected chi connectivity index (χ1v) is 10.8. The van der Waals surface area contributed by atoms with Gasteiger partial charge in [-0.1, -0.05) is 78.9 Å². The maximum absolute atomic E-state index is 6.32. The van der Waals surface area contributed by atoms with Crippen molar-refractivity contribution in [3.63, 3.8) is 0 Å². The molecule has 0 N–H and O–H groups in total. The molecule has 2 aromatic rings. The van der Waals surface area contributed by atoms with E-state index in [1.165, 1.54) is 16.8 Å². The second-order valence-electron chi connectivity index (χ2n) is 8.00. The zero-order valence-electron chi connectivity index (χ0n) is 18.8. The number of ether oxygens (including phenoxy) is 1. The molecule has 0 fully saturated rings. The van der Waals surface area contributed by atoms with Crippen LogP contribution in [0.25, 0.3) is 11.3 Å². The quantitative estimate of drug-likeness (QED) is 0.501. The van der Waals surface area contributed by atoms with Gasteiger partial charge in [-0.2, -0.15) is 0 Å². The smallest absolute Gasteiger partial charge is 0.199 e. The van der Waals surface area contributed by atoms with Crippen molar-refractivity contribution in [3.8, 4) is 0 Å². The van der Waals surface area contributed by atoms with E-state index in [0.29, 0.717) is 0 Å². The molecule has 1 aliphatic carbocycles. The standard InChI is InChI=1S/C30H28NO/c1-23(11-10-12-24-17-19-28(20-18-24)31(2)3)29-21-27(25-13-6-4-7-14-25)22-30(32-29)26-15-8-5-9-16-26/h4-22H,1-3H3/q+1. The van der Waals surface area contributed by atoms with Crippen molar-refractivity contribution >= 4 is 17.0 Å². The second-order valence-corrected chi connectivity index (χ2v) is 8.00. The summed E-state index contributed by atoms with van der Waals surface area (Å²) in [7, 11) is 4.10. The van der Waals surface area contributed by atoms with Gasteiger partial charge in [-0.05, 0) is 53.5 Å². The van der Waals surface area contributed by atoms with Crippen molar-refractivity contribution in [2.45, 2.75) is 6.92 Å². The monoisotopic (exact) mass is 418 g/mol.